The molecule has 4 aromatic rings. The molecule has 0 aliphatic carbocycles. The number of anilines is 3. The van der Waals surface area contributed by atoms with Crippen LogP contribution in [0.4, 0.5) is 17.2 Å². The molecule has 2 N–H and O–H groups in total. The van der Waals surface area contributed by atoms with Gasteiger partial charge in [-0.2, -0.15) is 0 Å². The zero-order chi connectivity index (χ0) is 23.2. The summed E-state index contributed by atoms with van der Waals surface area (Å²) in [4.78, 5) is 22.1. The molecule has 33 heavy (non-hydrogen) atoms. The number of thiazole rings is 1. The molecule has 0 spiro atoms. The van der Waals surface area contributed by atoms with E-state index in [0.29, 0.717) is 22.1 Å². The quantitative estimate of drug-likeness (QED) is 0.358. The van der Waals surface area contributed by atoms with Gasteiger partial charge in [0.05, 0.1) is 21.3 Å². The number of likely N-dealkylation sites (tertiary alicyclic amines) is 1. The number of rotatable bonds is 6. The van der Waals surface area contributed by atoms with E-state index in [9.17, 15) is 4.79 Å². The van der Waals surface area contributed by atoms with E-state index in [1.54, 1.807) is 17.5 Å². The zero-order valence-corrected chi connectivity index (χ0v) is 20.5. The highest BCUT2D eigenvalue weighted by atomic mass is 32.1. The van der Waals surface area contributed by atoms with E-state index >= 15 is 0 Å². The number of fused-ring (bicyclic) bond motifs is 1. The third-order valence-corrected chi connectivity index (χ3v) is 6.73. The van der Waals surface area contributed by atoms with Crippen molar-refractivity contribution in [1.29, 1.82) is 0 Å². The maximum Gasteiger partial charge on any atom is 0.180 e. The number of benzene rings is 1. The molecule has 1 saturated heterocycles. The lowest BCUT2D eigenvalue weighted by molar-refractivity contribution is 0.112. The Balaban J connectivity index is 0.000000376. The molecule has 1 aromatic carbocycles. The Morgan fingerprint density at radius 3 is 2.61 bits per heavy atom. The SMILES string of the molecule is CC(C)Nc1cc(Nc2ccc3ncsc3c2)ncc1-c1nnc(C=O)s1.CN1CCCC1. The van der Waals surface area contributed by atoms with Crippen LogP contribution in [0, 0.1) is 0 Å². The molecule has 172 valence electrons. The van der Waals surface area contributed by atoms with Crippen LogP contribution in [0.3, 0.4) is 0 Å². The Morgan fingerprint density at radius 1 is 1.12 bits per heavy atom. The van der Waals surface area contributed by atoms with Gasteiger partial charge in [-0.15, -0.1) is 21.5 Å². The van der Waals surface area contributed by atoms with Crippen LogP contribution in [0.15, 0.2) is 36.0 Å². The Morgan fingerprint density at radius 2 is 1.94 bits per heavy atom. The molecule has 0 unspecified atom stereocenters. The summed E-state index contributed by atoms with van der Waals surface area (Å²) in [5.74, 6) is 0.714. The van der Waals surface area contributed by atoms with E-state index in [4.69, 9.17) is 0 Å². The first-order valence-corrected chi connectivity index (χ1v) is 12.6. The van der Waals surface area contributed by atoms with Crippen molar-refractivity contribution >= 4 is 56.4 Å². The van der Waals surface area contributed by atoms with E-state index in [1.807, 2.05) is 23.7 Å². The molecule has 10 heteroatoms. The smallest absolute Gasteiger partial charge is 0.180 e. The second-order valence-corrected chi connectivity index (χ2v) is 10.0. The van der Waals surface area contributed by atoms with Crippen molar-refractivity contribution in [3.63, 3.8) is 0 Å². The third-order valence-electron chi connectivity index (χ3n) is 5.05. The van der Waals surface area contributed by atoms with E-state index in [1.165, 1.54) is 37.3 Å². The largest absolute Gasteiger partial charge is 0.382 e. The summed E-state index contributed by atoms with van der Waals surface area (Å²) in [5.41, 5.74) is 5.47. The maximum atomic E-state index is 10.9. The van der Waals surface area contributed by atoms with Crippen LogP contribution in [0.25, 0.3) is 20.8 Å². The molecule has 5 rings (SSSR count). The van der Waals surface area contributed by atoms with E-state index in [-0.39, 0.29) is 6.04 Å². The highest BCUT2D eigenvalue weighted by Gasteiger charge is 2.14. The van der Waals surface area contributed by atoms with Gasteiger partial charge in [0.2, 0.25) is 0 Å². The molecular weight excluding hydrogens is 454 g/mol. The van der Waals surface area contributed by atoms with Crippen molar-refractivity contribution in [2.75, 3.05) is 30.8 Å². The lowest BCUT2D eigenvalue weighted by Gasteiger charge is -2.15. The normalized spacial score (nSPS) is 13.7. The fourth-order valence-corrected chi connectivity index (χ4v) is 4.87. The monoisotopic (exact) mass is 481 g/mol. The van der Waals surface area contributed by atoms with E-state index < -0.39 is 0 Å². The summed E-state index contributed by atoms with van der Waals surface area (Å²) in [5, 5.41) is 15.7. The van der Waals surface area contributed by atoms with Crippen molar-refractivity contribution in [2.24, 2.45) is 0 Å². The summed E-state index contributed by atoms with van der Waals surface area (Å²) in [7, 11) is 2.17. The van der Waals surface area contributed by atoms with Gasteiger partial charge in [-0.25, -0.2) is 9.97 Å². The van der Waals surface area contributed by atoms with Crippen LogP contribution in [0.1, 0.15) is 36.5 Å². The number of carbonyl (C=O) groups is 1. The van der Waals surface area contributed by atoms with Crippen molar-refractivity contribution < 1.29 is 4.79 Å². The van der Waals surface area contributed by atoms with Crippen LogP contribution in [0.5, 0.6) is 0 Å². The minimum Gasteiger partial charge on any atom is -0.382 e. The van der Waals surface area contributed by atoms with Gasteiger partial charge >= 0.3 is 0 Å². The van der Waals surface area contributed by atoms with Gasteiger partial charge in [-0.3, -0.25) is 4.79 Å². The Bertz CT molecular complexity index is 1210. The van der Waals surface area contributed by atoms with Crippen molar-refractivity contribution in [3.8, 4) is 10.6 Å². The number of pyridine rings is 1. The van der Waals surface area contributed by atoms with Gasteiger partial charge in [0.1, 0.15) is 5.82 Å². The lowest BCUT2D eigenvalue weighted by Crippen LogP contribution is -2.11. The number of nitrogens with one attached hydrogen (secondary N) is 2. The van der Waals surface area contributed by atoms with Crippen molar-refractivity contribution in [3.05, 3.63) is 41.0 Å². The zero-order valence-electron chi connectivity index (χ0n) is 18.9. The highest BCUT2D eigenvalue weighted by molar-refractivity contribution is 7.16. The average Bonchev–Trinajstić information content (AvgIpc) is 3.55. The molecule has 3 aromatic heterocycles. The third kappa shape index (κ3) is 6.10. The maximum absolute atomic E-state index is 10.9. The van der Waals surface area contributed by atoms with Crippen LogP contribution >= 0.6 is 22.7 Å². The molecule has 0 atom stereocenters. The molecule has 0 radical (unpaired) electrons. The highest BCUT2D eigenvalue weighted by Crippen LogP contribution is 2.33. The Kier molecular flexibility index (Phi) is 7.58. The molecular formula is C23H27N7OS2. The number of aromatic nitrogens is 4. The minimum atomic E-state index is 0.228. The molecule has 8 nitrogen and oxygen atoms in total. The molecule has 0 amide bonds. The molecule has 1 fully saturated rings. The van der Waals surface area contributed by atoms with Gasteiger partial charge in [-0.05, 0) is 65.0 Å². The van der Waals surface area contributed by atoms with Gasteiger partial charge in [-0.1, -0.05) is 11.3 Å². The Hall–Kier alpha value is -2.95. The van der Waals surface area contributed by atoms with Crippen LogP contribution < -0.4 is 10.6 Å². The first-order valence-electron chi connectivity index (χ1n) is 10.9. The van der Waals surface area contributed by atoms with Crippen LogP contribution in [0.2, 0.25) is 0 Å². The van der Waals surface area contributed by atoms with Crippen molar-refractivity contribution in [2.45, 2.75) is 32.7 Å². The number of carbonyl (C=O) groups excluding carboxylic acids is 1. The average molecular weight is 482 g/mol. The van der Waals surface area contributed by atoms with Gasteiger partial charge < -0.3 is 15.5 Å². The van der Waals surface area contributed by atoms with Crippen LogP contribution in [-0.2, 0) is 0 Å². The summed E-state index contributed by atoms with van der Waals surface area (Å²) in [6, 6.07) is 8.19. The first kappa shape index (κ1) is 23.2. The number of aldehydes is 1. The van der Waals surface area contributed by atoms with E-state index in [0.717, 1.165) is 27.2 Å². The fourth-order valence-electron chi connectivity index (χ4n) is 3.47. The molecule has 4 heterocycles. The van der Waals surface area contributed by atoms with Gasteiger partial charge in [0.25, 0.3) is 0 Å². The topological polar surface area (TPSA) is 95.9 Å². The molecule has 0 saturated carbocycles. The number of hydrogen-bond acceptors (Lipinski definition) is 10. The standard InChI is InChI=1S/C18H16N6OS2.C5H11N/c1-10(2)21-14-6-16(19-7-12(14)18-24-23-17(8-25)27-18)22-11-3-4-13-15(5-11)26-9-20-13;1-6-4-2-3-5-6/h3-10H,1-2H3,(H2,19,21,22);2-5H2,1H3. The molecule has 0 bridgehead atoms. The predicted molar refractivity (Wildman–Crippen MR) is 137 cm³/mol. The van der Waals surface area contributed by atoms with Crippen molar-refractivity contribution in [1.82, 2.24) is 25.1 Å². The minimum absolute atomic E-state index is 0.228. The number of hydrogen-bond donors (Lipinski definition) is 2. The summed E-state index contributed by atoms with van der Waals surface area (Å²) in [6.07, 6.45) is 5.27. The summed E-state index contributed by atoms with van der Waals surface area (Å²) < 4.78 is 1.12. The van der Waals surface area contributed by atoms with Gasteiger partial charge in [0, 0.05) is 29.7 Å². The second kappa shape index (κ2) is 10.8. The molecule has 1 aliphatic rings. The summed E-state index contributed by atoms with van der Waals surface area (Å²) >= 11 is 2.84. The fraction of sp³-hybridized carbons (Fsp3) is 0.348. The lowest BCUT2D eigenvalue weighted by atomic mass is 10.2. The first-order chi connectivity index (χ1) is 16.0. The second-order valence-electron chi connectivity index (χ2n) is 8.15. The summed E-state index contributed by atoms with van der Waals surface area (Å²) in [6.45, 7) is 6.76. The van der Waals surface area contributed by atoms with Gasteiger partial charge in [0.15, 0.2) is 16.3 Å². The number of nitrogens with zero attached hydrogens (tertiary/aromatic N) is 5. The predicted octanol–water partition coefficient (Wildman–Crippen LogP) is 5.30. The molecule has 1 aliphatic heterocycles. The van der Waals surface area contributed by atoms with E-state index in [2.05, 4.69) is 62.7 Å². The van der Waals surface area contributed by atoms with Crippen LogP contribution in [-0.4, -0.2) is 57.5 Å². The Labute approximate surface area is 201 Å².